The molecule has 94 valence electrons. The average Bonchev–Trinajstić information content (AvgIpc) is 2.33. The Bertz CT molecular complexity index is 481. The Morgan fingerprint density at radius 2 is 2.12 bits per heavy atom. The van der Waals surface area contributed by atoms with E-state index in [-0.39, 0.29) is 5.25 Å². The summed E-state index contributed by atoms with van der Waals surface area (Å²) in [6.07, 6.45) is 4.58. The van der Waals surface area contributed by atoms with E-state index < -0.39 is 10.0 Å². The van der Waals surface area contributed by atoms with E-state index in [1.54, 1.807) is 18.5 Å². The predicted octanol–water partition coefficient (Wildman–Crippen LogP) is 0.884. The van der Waals surface area contributed by atoms with Crippen molar-refractivity contribution in [3.63, 3.8) is 0 Å². The molecule has 6 heteroatoms. The molecule has 0 unspecified atom stereocenters. The van der Waals surface area contributed by atoms with Crippen molar-refractivity contribution >= 4 is 15.7 Å². The highest BCUT2D eigenvalue weighted by atomic mass is 32.2. The Morgan fingerprint density at radius 1 is 1.41 bits per heavy atom. The van der Waals surface area contributed by atoms with Crippen molar-refractivity contribution in [2.45, 2.75) is 25.0 Å². The van der Waals surface area contributed by atoms with Crippen LogP contribution in [-0.4, -0.2) is 31.7 Å². The van der Waals surface area contributed by atoms with Gasteiger partial charge in [-0.1, -0.05) is 0 Å². The van der Waals surface area contributed by atoms with Crippen LogP contribution in [-0.2, 0) is 10.0 Å². The van der Waals surface area contributed by atoms with Gasteiger partial charge in [-0.25, -0.2) is 8.42 Å². The number of nitrogens with one attached hydrogen (secondary N) is 2. The normalized spacial score (nSPS) is 17.9. The van der Waals surface area contributed by atoms with Gasteiger partial charge < -0.3 is 5.32 Å². The van der Waals surface area contributed by atoms with Crippen LogP contribution >= 0.6 is 0 Å². The summed E-state index contributed by atoms with van der Waals surface area (Å²) in [5, 5.41) is 2.86. The molecule has 1 aromatic heterocycles. The average molecular weight is 255 g/mol. The van der Waals surface area contributed by atoms with E-state index in [1.807, 2.05) is 6.92 Å². The van der Waals surface area contributed by atoms with Crippen molar-refractivity contribution < 1.29 is 8.42 Å². The third-order valence-electron chi connectivity index (χ3n) is 3.00. The van der Waals surface area contributed by atoms with Crippen LogP contribution in [0.25, 0.3) is 0 Å². The van der Waals surface area contributed by atoms with E-state index in [2.05, 4.69) is 15.0 Å². The van der Waals surface area contributed by atoms with Gasteiger partial charge in [0, 0.05) is 12.4 Å². The summed E-state index contributed by atoms with van der Waals surface area (Å²) >= 11 is 0. The Balaban J connectivity index is 2.14. The smallest absolute Gasteiger partial charge is 0.235 e. The second-order valence-electron chi connectivity index (χ2n) is 4.29. The number of aromatic nitrogens is 1. The van der Waals surface area contributed by atoms with Gasteiger partial charge in [0.1, 0.15) is 0 Å². The SMILES string of the molecule is Cc1cnccc1NS(=O)(=O)C1CCNCC1. The maximum Gasteiger partial charge on any atom is 0.235 e. The molecule has 0 radical (unpaired) electrons. The Hall–Kier alpha value is -1.14. The molecule has 1 fully saturated rings. The number of piperidine rings is 1. The van der Waals surface area contributed by atoms with Crippen LogP contribution in [0.5, 0.6) is 0 Å². The summed E-state index contributed by atoms with van der Waals surface area (Å²) in [4.78, 5) is 3.94. The molecule has 0 saturated carbocycles. The molecule has 2 N–H and O–H groups in total. The van der Waals surface area contributed by atoms with Gasteiger partial charge in [0.15, 0.2) is 0 Å². The standard InChI is InChI=1S/C11H17N3O2S/c1-9-8-13-7-4-11(9)14-17(15,16)10-2-5-12-6-3-10/h4,7-8,10,12H,2-3,5-6H2,1H3,(H,13,14). The van der Waals surface area contributed by atoms with Gasteiger partial charge in [0.05, 0.1) is 10.9 Å². The molecule has 0 aliphatic carbocycles. The molecule has 2 heterocycles. The molecular weight excluding hydrogens is 238 g/mol. The van der Waals surface area contributed by atoms with Gasteiger partial charge in [0.25, 0.3) is 0 Å². The van der Waals surface area contributed by atoms with E-state index in [9.17, 15) is 8.42 Å². The highest BCUT2D eigenvalue weighted by Gasteiger charge is 2.27. The second-order valence-corrected chi connectivity index (χ2v) is 6.25. The van der Waals surface area contributed by atoms with Gasteiger partial charge in [0.2, 0.25) is 10.0 Å². The Labute approximate surface area is 102 Å². The molecule has 1 aliphatic heterocycles. The summed E-state index contributed by atoms with van der Waals surface area (Å²) < 4.78 is 27.0. The molecule has 1 aromatic rings. The molecular formula is C11H17N3O2S. The first-order valence-electron chi connectivity index (χ1n) is 5.72. The van der Waals surface area contributed by atoms with Gasteiger partial charge in [-0.2, -0.15) is 0 Å². The summed E-state index contributed by atoms with van der Waals surface area (Å²) in [6, 6.07) is 1.69. The number of nitrogens with zero attached hydrogens (tertiary/aromatic N) is 1. The summed E-state index contributed by atoms with van der Waals surface area (Å²) in [5.74, 6) is 0. The van der Waals surface area contributed by atoms with Crippen LogP contribution < -0.4 is 10.0 Å². The first kappa shape index (κ1) is 12.3. The van der Waals surface area contributed by atoms with E-state index in [1.165, 1.54) is 0 Å². The zero-order chi connectivity index (χ0) is 12.3. The maximum atomic E-state index is 12.1. The lowest BCUT2D eigenvalue weighted by Crippen LogP contribution is -2.38. The first-order valence-corrected chi connectivity index (χ1v) is 7.27. The molecule has 0 aromatic carbocycles. The fraction of sp³-hybridized carbons (Fsp3) is 0.545. The third-order valence-corrected chi connectivity index (χ3v) is 4.85. The van der Waals surface area contributed by atoms with Crippen molar-refractivity contribution in [1.29, 1.82) is 0 Å². The fourth-order valence-electron chi connectivity index (χ4n) is 1.93. The fourth-order valence-corrected chi connectivity index (χ4v) is 3.49. The Morgan fingerprint density at radius 3 is 2.76 bits per heavy atom. The van der Waals surface area contributed by atoms with Crippen molar-refractivity contribution in [3.05, 3.63) is 24.0 Å². The predicted molar refractivity (Wildman–Crippen MR) is 67.4 cm³/mol. The Kier molecular flexibility index (Phi) is 3.63. The van der Waals surface area contributed by atoms with Gasteiger partial charge >= 0.3 is 0 Å². The van der Waals surface area contributed by atoms with E-state index in [0.717, 1.165) is 18.7 Å². The van der Waals surface area contributed by atoms with Gasteiger partial charge in [-0.15, -0.1) is 0 Å². The number of pyridine rings is 1. The number of aryl methyl sites for hydroxylation is 1. The highest BCUT2D eigenvalue weighted by molar-refractivity contribution is 7.93. The molecule has 0 bridgehead atoms. The molecule has 0 spiro atoms. The van der Waals surface area contributed by atoms with Crippen LogP contribution in [0, 0.1) is 6.92 Å². The summed E-state index contributed by atoms with van der Waals surface area (Å²) in [6.45, 7) is 3.37. The minimum atomic E-state index is -3.28. The molecule has 17 heavy (non-hydrogen) atoms. The number of hydrogen-bond donors (Lipinski definition) is 2. The third kappa shape index (κ3) is 2.95. The molecule has 0 amide bonds. The molecule has 1 saturated heterocycles. The quantitative estimate of drug-likeness (QED) is 0.841. The monoisotopic (exact) mass is 255 g/mol. The topological polar surface area (TPSA) is 71.1 Å². The molecule has 0 atom stereocenters. The number of hydrogen-bond acceptors (Lipinski definition) is 4. The number of sulfonamides is 1. The molecule has 5 nitrogen and oxygen atoms in total. The molecule has 2 rings (SSSR count). The minimum absolute atomic E-state index is 0.295. The van der Waals surface area contributed by atoms with E-state index in [0.29, 0.717) is 18.5 Å². The van der Waals surface area contributed by atoms with Crippen molar-refractivity contribution in [1.82, 2.24) is 10.3 Å². The van der Waals surface area contributed by atoms with Crippen LogP contribution in [0.2, 0.25) is 0 Å². The summed E-state index contributed by atoms with van der Waals surface area (Å²) in [7, 11) is -3.28. The maximum absolute atomic E-state index is 12.1. The van der Waals surface area contributed by atoms with E-state index in [4.69, 9.17) is 0 Å². The lowest BCUT2D eigenvalue weighted by molar-refractivity contribution is 0.499. The zero-order valence-electron chi connectivity index (χ0n) is 9.81. The van der Waals surface area contributed by atoms with Crippen LogP contribution in [0.3, 0.4) is 0 Å². The molecule has 1 aliphatic rings. The van der Waals surface area contributed by atoms with Crippen molar-refractivity contribution in [3.8, 4) is 0 Å². The van der Waals surface area contributed by atoms with Crippen LogP contribution in [0.4, 0.5) is 5.69 Å². The van der Waals surface area contributed by atoms with Gasteiger partial charge in [-0.05, 0) is 44.5 Å². The largest absolute Gasteiger partial charge is 0.317 e. The van der Waals surface area contributed by atoms with Gasteiger partial charge in [-0.3, -0.25) is 9.71 Å². The second kappa shape index (κ2) is 5.01. The van der Waals surface area contributed by atoms with Crippen LogP contribution in [0.1, 0.15) is 18.4 Å². The minimum Gasteiger partial charge on any atom is -0.317 e. The number of rotatable bonds is 3. The summed E-state index contributed by atoms with van der Waals surface area (Å²) in [5.41, 5.74) is 1.46. The van der Waals surface area contributed by atoms with Crippen molar-refractivity contribution in [2.24, 2.45) is 0 Å². The highest BCUT2D eigenvalue weighted by Crippen LogP contribution is 2.19. The zero-order valence-corrected chi connectivity index (χ0v) is 10.6. The lowest BCUT2D eigenvalue weighted by Gasteiger charge is -2.23. The number of anilines is 1. The van der Waals surface area contributed by atoms with Crippen molar-refractivity contribution in [2.75, 3.05) is 17.8 Å². The van der Waals surface area contributed by atoms with Crippen LogP contribution in [0.15, 0.2) is 18.5 Å². The lowest BCUT2D eigenvalue weighted by atomic mass is 10.2. The van der Waals surface area contributed by atoms with E-state index >= 15 is 0 Å². The first-order chi connectivity index (χ1) is 8.09.